The molecule has 1 saturated heterocycles. The monoisotopic (exact) mass is 486 g/mol. The van der Waals surface area contributed by atoms with Crippen molar-refractivity contribution in [1.29, 1.82) is 0 Å². The van der Waals surface area contributed by atoms with Crippen molar-refractivity contribution >= 4 is 29.9 Å². The summed E-state index contributed by atoms with van der Waals surface area (Å²) in [5.74, 6) is 0.992. The molecule has 0 bridgehead atoms. The highest BCUT2D eigenvalue weighted by Gasteiger charge is 2.25. The van der Waals surface area contributed by atoms with Gasteiger partial charge in [0.1, 0.15) is 6.10 Å². The van der Waals surface area contributed by atoms with Crippen molar-refractivity contribution in [3.8, 4) is 0 Å². The fourth-order valence-corrected chi connectivity index (χ4v) is 4.18. The number of ether oxygens (including phenoxy) is 1. The molecule has 1 saturated carbocycles. The highest BCUT2D eigenvalue weighted by atomic mass is 127. The lowest BCUT2D eigenvalue weighted by molar-refractivity contribution is -0.00834. The van der Waals surface area contributed by atoms with Crippen LogP contribution in [0.1, 0.15) is 42.9 Å². The van der Waals surface area contributed by atoms with E-state index in [1.807, 2.05) is 7.05 Å². The van der Waals surface area contributed by atoms with Crippen molar-refractivity contribution in [2.45, 2.75) is 44.8 Å². The van der Waals surface area contributed by atoms with Gasteiger partial charge in [0.15, 0.2) is 5.96 Å². The van der Waals surface area contributed by atoms with E-state index in [4.69, 9.17) is 4.74 Å². The van der Waals surface area contributed by atoms with Gasteiger partial charge in [-0.25, -0.2) is 0 Å². The largest absolute Gasteiger partial charge is 0.370 e. The zero-order valence-corrected chi connectivity index (χ0v) is 19.3. The second-order valence-corrected chi connectivity index (χ2v) is 7.55. The van der Waals surface area contributed by atoms with Crippen LogP contribution >= 0.6 is 24.0 Å². The number of benzene rings is 1. The van der Waals surface area contributed by atoms with E-state index in [0.29, 0.717) is 0 Å². The van der Waals surface area contributed by atoms with Gasteiger partial charge in [-0.05, 0) is 37.9 Å². The molecule has 1 N–H and O–H groups in total. The van der Waals surface area contributed by atoms with Crippen LogP contribution in [0.5, 0.6) is 0 Å². The number of likely N-dealkylation sites (N-methyl/N-ethyl adjacent to an activating group) is 1. The van der Waals surface area contributed by atoms with E-state index in [9.17, 15) is 0 Å². The second-order valence-electron chi connectivity index (χ2n) is 7.55. The third-order valence-corrected chi connectivity index (χ3v) is 5.81. The number of guanidine groups is 1. The normalized spacial score (nSPS) is 21.4. The van der Waals surface area contributed by atoms with Gasteiger partial charge >= 0.3 is 0 Å². The van der Waals surface area contributed by atoms with Gasteiger partial charge in [-0.3, -0.25) is 4.99 Å². The summed E-state index contributed by atoms with van der Waals surface area (Å²) in [6, 6.07) is 9.28. The molecular weight excluding hydrogens is 451 g/mol. The number of nitrogens with one attached hydrogen (secondary N) is 1. The van der Waals surface area contributed by atoms with E-state index in [0.717, 1.165) is 44.8 Å². The van der Waals surface area contributed by atoms with Crippen LogP contribution in [-0.4, -0.2) is 68.7 Å². The zero-order chi connectivity index (χ0) is 18.4. The molecule has 1 heterocycles. The summed E-state index contributed by atoms with van der Waals surface area (Å²) in [4.78, 5) is 9.35. The molecule has 0 amide bonds. The van der Waals surface area contributed by atoms with Crippen molar-refractivity contribution in [2.75, 3.05) is 46.9 Å². The standard InChI is InChI=1S/C21H34N4O.HI/c1-17-8-4-7-11-19(17)20-16-25(14-15-26-20)21(22-2)23-12-13-24(3)18-9-5-6-10-18;/h4,7-8,11,18,20H,5-6,9-10,12-16H2,1-3H3,(H,22,23);1H. The topological polar surface area (TPSA) is 40.1 Å². The van der Waals surface area contributed by atoms with E-state index < -0.39 is 0 Å². The third-order valence-electron chi connectivity index (χ3n) is 5.81. The number of halogens is 1. The third kappa shape index (κ3) is 6.06. The number of rotatable bonds is 5. The van der Waals surface area contributed by atoms with Crippen LogP contribution in [0.15, 0.2) is 29.3 Å². The summed E-state index contributed by atoms with van der Waals surface area (Å²) >= 11 is 0. The van der Waals surface area contributed by atoms with Gasteiger partial charge in [-0.2, -0.15) is 0 Å². The Kier molecular flexibility index (Phi) is 9.32. The van der Waals surface area contributed by atoms with Crippen LogP contribution in [-0.2, 0) is 4.74 Å². The predicted octanol–water partition coefficient (Wildman–Crippen LogP) is 3.44. The minimum absolute atomic E-state index is 0. The van der Waals surface area contributed by atoms with Crippen LogP contribution in [0.3, 0.4) is 0 Å². The molecule has 5 nitrogen and oxygen atoms in total. The molecule has 27 heavy (non-hydrogen) atoms. The van der Waals surface area contributed by atoms with Crippen LogP contribution in [0, 0.1) is 6.92 Å². The molecule has 152 valence electrons. The summed E-state index contributed by atoms with van der Waals surface area (Å²) in [6.45, 7) is 6.63. The summed E-state index contributed by atoms with van der Waals surface area (Å²) in [5.41, 5.74) is 2.58. The van der Waals surface area contributed by atoms with Crippen LogP contribution in [0.2, 0.25) is 0 Å². The number of hydrogen-bond donors (Lipinski definition) is 1. The Hall–Kier alpha value is -0.860. The molecule has 1 aromatic carbocycles. The summed E-state index contributed by atoms with van der Waals surface area (Å²) in [7, 11) is 4.13. The van der Waals surface area contributed by atoms with Gasteiger partial charge in [0.05, 0.1) is 13.2 Å². The molecule has 1 aromatic rings. The average Bonchev–Trinajstić information content (AvgIpc) is 3.20. The Balaban J connectivity index is 0.00000261. The maximum atomic E-state index is 6.05. The lowest BCUT2D eigenvalue weighted by Crippen LogP contribution is -2.49. The van der Waals surface area contributed by atoms with Crippen molar-refractivity contribution < 1.29 is 4.74 Å². The fraction of sp³-hybridized carbons (Fsp3) is 0.667. The smallest absolute Gasteiger partial charge is 0.193 e. The number of hydrogen-bond acceptors (Lipinski definition) is 3. The Labute approximate surface area is 181 Å². The van der Waals surface area contributed by atoms with Crippen molar-refractivity contribution in [2.24, 2.45) is 4.99 Å². The van der Waals surface area contributed by atoms with Gasteiger partial charge in [0, 0.05) is 32.7 Å². The van der Waals surface area contributed by atoms with E-state index >= 15 is 0 Å². The predicted molar refractivity (Wildman–Crippen MR) is 123 cm³/mol. The molecule has 1 unspecified atom stereocenters. The maximum absolute atomic E-state index is 6.05. The van der Waals surface area contributed by atoms with E-state index in [1.54, 1.807) is 0 Å². The fourth-order valence-electron chi connectivity index (χ4n) is 4.18. The first-order chi connectivity index (χ1) is 12.7. The first-order valence-corrected chi connectivity index (χ1v) is 10.0. The lowest BCUT2D eigenvalue weighted by Gasteiger charge is -2.36. The van der Waals surface area contributed by atoms with Gasteiger partial charge in [0.2, 0.25) is 0 Å². The Morgan fingerprint density at radius 1 is 1.30 bits per heavy atom. The Morgan fingerprint density at radius 3 is 2.74 bits per heavy atom. The van der Waals surface area contributed by atoms with Gasteiger partial charge in [-0.1, -0.05) is 37.1 Å². The summed E-state index contributed by atoms with van der Waals surface area (Å²) < 4.78 is 6.05. The molecule has 1 aliphatic carbocycles. The minimum Gasteiger partial charge on any atom is -0.370 e. The van der Waals surface area contributed by atoms with Crippen LogP contribution < -0.4 is 5.32 Å². The molecule has 0 radical (unpaired) electrons. The minimum atomic E-state index is 0. The molecule has 1 atom stereocenters. The second kappa shape index (κ2) is 11.2. The number of aryl methyl sites for hydroxylation is 1. The SMILES string of the molecule is CN=C(NCCN(C)C1CCCC1)N1CCOC(c2ccccc2C)C1.I. The maximum Gasteiger partial charge on any atom is 0.193 e. The molecule has 6 heteroatoms. The van der Waals surface area contributed by atoms with E-state index in [-0.39, 0.29) is 30.1 Å². The highest BCUT2D eigenvalue weighted by molar-refractivity contribution is 14.0. The summed E-state index contributed by atoms with van der Waals surface area (Å²) in [5, 5.41) is 3.56. The first-order valence-electron chi connectivity index (χ1n) is 10.0. The Morgan fingerprint density at radius 2 is 2.04 bits per heavy atom. The van der Waals surface area contributed by atoms with E-state index in [2.05, 4.69) is 58.3 Å². The zero-order valence-electron chi connectivity index (χ0n) is 17.0. The van der Waals surface area contributed by atoms with Crippen LogP contribution in [0.25, 0.3) is 0 Å². The van der Waals surface area contributed by atoms with Gasteiger partial charge in [0.25, 0.3) is 0 Å². The molecule has 3 rings (SSSR count). The summed E-state index contributed by atoms with van der Waals surface area (Å²) in [6.07, 6.45) is 5.60. The highest BCUT2D eigenvalue weighted by Crippen LogP contribution is 2.25. The van der Waals surface area contributed by atoms with E-state index in [1.165, 1.54) is 36.8 Å². The number of nitrogens with zero attached hydrogens (tertiary/aromatic N) is 3. The molecule has 2 fully saturated rings. The average molecular weight is 486 g/mol. The number of aliphatic imine (C=N–C) groups is 1. The number of morpholine rings is 1. The van der Waals surface area contributed by atoms with Gasteiger partial charge in [-0.15, -0.1) is 24.0 Å². The van der Waals surface area contributed by atoms with Gasteiger partial charge < -0.3 is 19.9 Å². The van der Waals surface area contributed by atoms with Crippen LogP contribution in [0.4, 0.5) is 0 Å². The molecule has 1 aliphatic heterocycles. The van der Waals surface area contributed by atoms with Crippen molar-refractivity contribution in [3.63, 3.8) is 0 Å². The Bertz CT molecular complexity index is 604. The molecule has 0 spiro atoms. The quantitative estimate of drug-likeness (QED) is 0.394. The van der Waals surface area contributed by atoms with Crippen molar-refractivity contribution in [1.82, 2.24) is 15.1 Å². The lowest BCUT2D eigenvalue weighted by atomic mass is 10.0. The molecule has 2 aliphatic rings. The first kappa shape index (κ1) is 22.4. The molecule has 0 aromatic heterocycles. The van der Waals surface area contributed by atoms with Crippen molar-refractivity contribution in [3.05, 3.63) is 35.4 Å². The molecular formula is C21H35IN4O.